The predicted molar refractivity (Wildman–Crippen MR) is 106 cm³/mol. The normalized spacial score (nSPS) is 16.4. The standard InChI is InChI=1S/C16H30N4O4S2/c17-20-19-7-9-23-11-13-24-12-10-22-8-6-18-16(21)4-2-1-3-15-5-14-25-26-15/h15H,1-14H2,(H,18,21)/t15-/m1/s1. The Morgan fingerprint density at radius 2 is 1.85 bits per heavy atom. The van der Waals surface area contributed by atoms with Crippen molar-refractivity contribution in [1.82, 2.24) is 5.32 Å². The van der Waals surface area contributed by atoms with Crippen LogP contribution in [0.1, 0.15) is 32.1 Å². The molecule has 1 rings (SSSR count). The largest absolute Gasteiger partial charge is 0.379 e. The average molecular weight is 407 g/mol. The molecular weight excluding hydrogens is 376 g/mol. The fourth-order valence-corrected chi connectivity index (χ4v) is 5.29. The molecule has 0 saturated carbocycles. The van der Waals surface area contributed by atoms with Gasteiger partial charge in [0.05, 0.1) is 39.6 Å². The SMILES string of the molecule is [N-]=[N+]=NCCOCCOCCOCCNC(=O)CCCC[C@@H]1CCSS1. The third-order valence-electron chi connectivity index (χ3n) is 3.62. The van der Waals surface area contributed by atoms with Gasteiger partial charge >= 0.3 is 0 Å². The van der Waals surface area contributed by atoms with Gasteiger partial charge in [-0.15, -0.1) is 0 Å². The molecule has 1 amide bonds. The van der Waals surface area contributed by atoms with Crippen molar-refractivity contribution in [2.45, 2.75) is 37.4 Å². The quantitative estimate of drug-likeness (QED) is 0.131. The second kappa shape index (κ2) is 17.8. The molecule has 1 fully saturated rings. The van der Waals surface area contributed by atoms with Crippen molar-refractivity contribution in [2.75, 3.05) is 58.5 Å². The zero-order chi connectivity index (χ0) is 18.7. The van der Waals surface area contributed by atoms with Gasteiger partial charge in [0, 0.05) is 35.4 Å². The van der Waals surface area contributed by atoms with Crippen LogP contribution in [0.4, 0.5) is 0 Å². The molecule has 150 valence electrons. The molecule has 1 heterocycles. The third kappa shape index (κ3) is 14.5. The van der Waals surface area contributed by atoms with Gasteiger partial charge in [-0.3, -0.25) is 4.79 Å². The molecule has 0 spiro atoms. The molecule has 0 unspecified atom stereocenters. The second-order valence-electron chi connectivity index (χ2n) is 5.72. The third-order valence-corrected chi connectivity index (χ3v) is 6.63. The molecule has 0 bridgehead atoms. The second-order valence-corrected chi connectivity index (χ2v) is 8.50. The van der Waals surface area contributed by atoms with E-state index in [1.807, 2.05) is 21.6 Å². The van der Waals surface area contributed by atoms with Gasteiger partial charge in [-0.2, -0.15) is 0 Å². The van der Waals surface area contributed by atoms with Gasteiger partial charge in [0.1, 0.15) is 0 Å². The number of rotatable bonds is 17. The van der Waals surface area contributed by atoms with Crippen molar-refractivity contribution in [3.63, 3.8) is 0 Å². The lowest BCUT2D eigenvalue weighted by Crippen LogP contribution is -2.27. The van der Waals surface area contributed by atoms with Gasteiger partial charge in [0.2, 0.25) is 5.91 Å². The Balaban J connectivity index is 1.74. The molecule has 0 aromatic carbocycles. The monoisotopic (exact) mass is 406 g/mol. The van der Waals surface area contributed by atoms with Gasteiger partial charge in [-0.25, -0.2) is 0 Å². The van der Waals surface area contributed by atoms with Crippen LogP contribution in [0.15, 0.2) is 5.11 Å². The molecule has 1 N–H and O–H groups in total. The minimum absolute atomic E-state index is 0.108. The molecule has 0 aromatic heterocycles. The molecule has 1 atom stereocenters. The molecule has 0 aliphatic carbocycles. The van der Waals surface area contributed by atoms with E-state index in [9.17, 15) is 4.79 Å². The van der Waals surface area contributed by atoms with Gasteiger partial charge in [-0.05, 0) is 24.8 Å². The van der Waals surface area contributed by atoms with Crippen LogP contribution < -0.4 is 5.32 Å². The van der Waals surface area contributed by atoms with E-state index < -0.39 is 0 Å². The maximum atomic E-state index is 11.7. The van der Waals surface area contributed by atoms with Crippen molar-refractivity contribution in [3.8, 4) is 0 Å². The van der Waals surface area contributed by atoms with Crippen molar-refractivity contribution < 1.29 is 19.0 Å². The first-order chi connectivity index (χ1) is 12.8. The highest BCUT2D eigenvalue weighted by atomic mass is 33.1. The van der Waals surface area contributed by atoms with Crippen LogP contribution in [0.5, 0.6) is 0 Å². The summed E-state index contributed by atoms with van der Waals surface area (Å²) >= 11 is 0. The Morgan fingerprint density at radius 1 is 1.12 bits per heavy atom. The number of nitrogens with zero attached hydrogens (tertiary/aromatic N) is 3. The zero-order valence-electron chi connectivity index (χ0n) is 15.3. The zero-order valence-corrected chi connectivity index (χ0v) is 16.9. The number of carbonyl (C=O) groups excluding carboxylic acids is 1. The summed E-state index contributed by atoms with van der Waals surface area (Å²) < 4.78 is 15.9. The van der Waals surface area contributed by atoms with Crippen LogP contribution in [0.25, 0.3) is 10.4 Å². The highest BCUT2D eigenvalue weighted by Gasteiger charge is 2.15. The Labute approximate surface area is 163 Å². The lowest BCUT2D eigenvalue weighted by molar-refractivity contribution is -0.121. The summed E-state index contributed by atoms with van der Waals surface area (Å²) in [7, 11) is 3.97. The van der Waals surface area contributed by atoms with E-state index in [2.05, 4.69) is 15.3 Å². The lowest BCUT2D eigenvalue weighted by Gasteiger charge is -2.08. The first-order valence-electron chi connectivity index (χ1n) is 9.12. The molecule has 0 radical (unpaired) electrons. The van der Waals surface area contributed by atoms with Crippen molar-refractivity contribution >= 4 is 27.5 Å². The van der Waals surface area contributed by atoms with E-state index in [4.69, 9.17) is 19.7 Å². The van der Waals surface area contributed by atoms with Gasteiger partial charge in [0.15, 0.2) is 0 Å². The topological polar surface area (TPSA) is 106 Å². The molecule has 1 saturated heterocycles. The summed E-state index contributed by atoms with van der Waals surface area (Å²) in [5.41, 5.74) is 8.08. The lowest BCUT2D eigenvalue weighted by atomic mass is 10.1. The molecular formula is C16H30N4O4S2. The minimum Gasteiger partial charge on any atom is -0.379 e. The summed E-state index contributed by atoms with van der Waals surface area (Å²) in [6, 6.07) is 0. The van der Waals surface area contributed by atoms with Crippen LogP contribution >= 0.6 is 21.6 Å². The minimum atomic E-state index is 0.108. The smallest absolute Gasteiger partial charge is 0.220 e. The Bertz CT molecular complexity index is 406. The van der Waals surface area contributed by atoms with E-state index in [0.717, 1.165) is 18.1 Å². The number of hydrogen-bond acceptors (Lipinski definition) is 7. The van der Waals surface area contributed by atoms with Crippen LogP contribution in [0.2, 0.25) is 0 Å². The Kier molecular flexibility index (Phi) is 16.0. The van der Waals surface area contributed by atoms with Gasteiger partial charge in [-0.1, -0.05) is 33.1 Å². The van der Waals surface area contributed by atoms with Crippen molar-refractivity contribution in [2.24, 2.45) is 5.11 Å². The van der Waals surface area contributed by atoms with Crippen molar-refractivity contribution in [1.29, 1.82) is 0 Å². The van der Waals surface area contributed by atoms with Gasteiger partial charge in [0.25, 0.3) is 0 Å². The summed E-state index contributed by atoms with van der Waals surface area (Å²) in [5, 5.41) is 7.03. The van der Waals surface area contributed by atoms with E-state index in [0.29, 0.717) is 59.2 Å². The average Bonchev–Trinajstić information content (AvgIpc) is 3.16. The summed E-state index contributed by atoms with van der Waals surface area (Å²) in [6.07, 6.45) is 5.25. The van der Waals surface area contributed by atoms with E-state index in [1.165, 1.54) is 18.6 Å². The summed E-state index contributed by atoms with van der Waals surface area (Å²) in [6.45, 7) is 3.71. The number of unbranched alkanes of at least 4 members (excludes halogenated alkanes) is 1. The van der Waals surface area contributed by atoms with Crippen LogP contribution in [-0.4, -0.2) is 69.6 Å². The predicted octanol–water partition coefficient (Wildman–Crippen LogP) is 3.18. The van der Waals surface area contributed by atoms with E-state index >= 15 is 0 Å². The van der Waals surface area contributed by atoms with Gasteiger partial charge < -0.3 is 19.5 Å². The molecule has 1 aliphatic rings. The molecule has 0 aromatic rings. The number of hydrogen-bond donors (Lipinski definition) is 1. The van der Waals surface area contributed by atoms with Crippen molar-refractivity contribution in [3.05, 3.63) is 10.4 Å². The van der Waals surface area contributed by atoms with Crippen LogP contribution in [0, 0.1) is 0 Å². The Hall–Kier alpha value is -0.640. The maximum Gasteiger partial charge on any atom is 0.220 e. The number of ether oxygens (including phenoxy) is 3. The molecule has 26 heavy (non-hydrogen) atoms. The highest BCUT2D eigenvalue weighted by molar-refractivity contribution is 8.77. The number of amides is 1. The Morgan fingerprint density at radius 3 is 2.54 bits per heavy atom. The maximum absolute atomic E-state index is 11.7. The number of carbonyl (C=O) groups is 1. The highest BCUT2D eigenvalue weighted by Crippen LogP contribution is 2.39. The van der Waals surface area contributed by atoms with E-state index in [1.54, 1.807) is 0 Å². The first kappa shape index (κ1) is 23.4. The van der Waals surface area contributed by atoms with E-state index in [-0.39, 0.29) is 5.91 Å². The molecule has 8 nitrogen and oxygen atoms in total. The molecule has 10 heteroatoms. The van der Waals surface area contributed by atoms with Crippen LogP contribution in [-0.2, 0) is 19.0 Å². The fourth-order valence-electron chi connectivity index (χ4n) is 2.27. The summed E-state index contributed by atoms with van der Waals surface area (Å²) in [4.78, 5) is 14.3. The van der Waals surface area contributed by atoms with Crippen LogP contribution in [0.3, 0.4) is 0 Å². The summed E-state index contributed by atoms with van der Waals surface area (Å²) in [5.74, 6) is 1.38. The molecule has 1 aliphatic heterocycles. The first-order valence-corrected chi connectivity index (χ1v) is 11.5. The fraction of sp³-hybridized carbons (Fsp3) is 0.938. The number of azide groups is 1. The number of nitrogens with one attached hydrogen (secondary N) is 1.